The first-order valence-corrected chi connectivity index (χ1v) is 8.75. The Balaban J connectivity index is 1.44. The Morgan fingerprint density at radius 2 is 1.96 bits per heavy atom. The summed E-state index contributed by atoms with van der Waals surface area (Å²) in [5.74, 6) is -0.0204. The number of nitriles is 1. The quantitative estimate of drug-likeness (QED) is 0.542. The van der Waals surface area contributed by atoms with Gasteiger partial charge in [-0.3, -0.25) is 4.79 Å². The number of hydrogen-bond donors (Lipinski definition) is 2. The largest absolute Gasteiger partial charge is 0.338 e. The van der Waals surface area contributed by atoms with E-state index in [0.29, 0.717) is 27.6 Å². The predicted molar refractivity (Wildman–Crippen MR) is 99.7 cm³/mol. The molecule has 126 valence electrons. The number of amides is 1. The van der Waals surface area contributed by atoms with Crippen LogP contribution >= 0.6 is 11.8 Å². The highest BCUT2D eigenvalue weighted by Crippen LogP contribution is 2.23. The van der Waals surface area contributed by atoms with E-state index in [1.165, 1.54) is 11.8 Å². The maximum Gasteiger partial charge on any atom is 0.234 e. The maximum absolute atomic E-state index is 12.1. The number of aromatic nitrogens is 4. The molecule has 0 atom stereocenters. The van der Waals surface area contributed by atoms with Crippen molar-refractivity contribution >= 4 is 45.4 Å². The first kappa shape index (κ1) is 16.1. The van der Waals surface area contributed by atoms with Crippen LogP contribution in [0.5, 0.6) is 0 Å². The van der Waals surface area contributed by atoms with Crippen LogP contribution in [0, 0.1) is 11.3 Å². The molecule has 7 nitrogen and oxygen atoms in total. The number of rotatable bonds is 4. The van der Waals surface area contributed by atoms with Crippen LogP contribution in [0.4, 0.5) is 5.69 Å². The standard InChI is InChI=1S/C18H12N6OS/c19-9-11-5-7-12(8-6-11)20-15(25)10-26-18-22-17-16(23-24-18)13-3-1-2-4-14(13)21-17/h1-8H,10H2,(H,20,25)(H,21,22,24). The second kappa shape index (κ2) is 6.82. The summed E-state index contributed by atoms with van der Waals surface area (Å²) in [5, 5.41) is 21.3. The second-order valence-electron chi connectivity index (χ2n) is 5.49. The summed E-state index contributed by atoms with van der Waals surface area (Å²) in [6, 6.07) is 16.5. The first-order valence-electron chi connectivity index (χ1n) is 7.77. The minimum Gasteiger partial charge on any atom is -0.338 e. The highest BCUT2D eigenvalue weighted by molar-refractivity contribution is 7.99. The summed E-state index contributed by atoms with van der Waals surface area (Å²) in [6.45, 7) is 0. The lowest BCUT2D eigenvalue weighted by Gasteiger charge is -2.04. The van der Waals surface area contributed by atoms with Crippen LogP contribution in [0.1, 0.15) is 5.56 Å². The Bertz CT molecular complexity index is 1150. The SMILES string of the molecule is N#Cc1ccc(NC(=O)CSc2nnc3c(n2)[nH]c2ccccc23)cc1. The zero-order valence-electron chi connectivity index (χ0n) is 13.4. The molecule has 4 rings (SSSR count). The van der Waals surface area contributed by atoms with E-state index in [0.717, 1.165) is 10.9 Å². The van der Waals surface area contributed by atoms with Crippen molar-refractivity contribution in [2.45, 2.75) is 5.16 Å². The predicted octanol–water partition coefficient (Wildman–Crippen LogP) is 3.11. The number of para-hydroxylation sites is 1. The highest BCUT2D eigenvalue weighted by Gasteiger charge is 2.10. The maximum atomic E-state index is 12.1. The van der Waals surface area contributed by atoms with Gasteiger partial charge in [0.2, 0.25) is 11.1 Å². The van der Waals surface area contributed by atoms with Gasteiger partial charge in [0.15, 0.2) is 5.65 Å². The fraction of sp³-hybridized carbons (Fsp3) is 0.0556. The fourth-order valence-electron chi connectivity index (χ4n) is 2.52. The minimum atomic E-state index is -0.181. The molecule has 2 heterocycles. The van der Waals surface area contributed by atoms with E-state index in [-0.39, 0.29) is 11.7 Å². The summed E-state index contributed by atoms with van der Waals surface area (Å²) >= 11 is 1.21. The molecule has 0 fully saturated rings. The van der Waals surface area contributed by atoms with E-state index in [9.17, 15) is 4.79 Å². The summed E-state index contributed by atoms with van der Waals surface area (Å²) in [5.41, 5.74) is 3.50. The molecule has 26 heavy (non-hydrogen) atoms. The lowest BCUT2D eigenvalue weighted by Crippen LogP contribution is -2.14. The van der Waals surface area contributed by atoms with Gasteiger partial charge in [0.05, 0.1) is 17.4 Å². The van der Waals surface area contributed by atoms with E-state index in [1.54, 1.807) is 24.3 Å². The van der Waals surface area contributed by atoms with Crippen molar-refractivity contribution in [3.63, 3.8) is 0 Å². The summed E-state index contributed by atoms with van der Waals surface area (Å²) in [6.07, 6.45) is 0. The van der Waals surface area contributed by atoms with Gasteiger partial charge in [-0.2, -0.15) is 5.26 Å². The Kier molecular flexibility index (Phi) is 4.21. The molecule has 0 saturated carbocycles. The molecule has 0 radical (unpaired) electrons. The Labute approximate surface area is 152 Å². The van der Waals surface area contributed by atoms with E-state index < -0.39 is 0 Å². The van der Waals surface area contributed by atoms with Crippen molar-refractivity contribution in [1.29, 1.82) is 5.26 Å². The number of anilines is 1. The molecule has 4 aromatic rings. The molecule has 1 amide bonds. The van der Waals surface area contributed by atoms with E-state index in [4.69, 9.17) is 5.26 Å². The molecule has 0 aliphatic rings. The van der Waals surface area contributed by atoms with Gasteiger partial charge in [0.1, 0.15) is 5.52 Å². The minimum absolute atomic E-state index is 0.160. The molecule has 0 bridgehead atoms. The van der Waals surface area contributed by atoms with Crippen molar-refractivity contribution in [3.05, 3.63) is 54.1 Å². The van der Waals surface area contributed by atoms with Crippen molar-refractivity contribution in [2.24, 2.45) is 0 Å². The summed E-state index contributed by atoms with van der Waals surface area (Å²) in [4.78, 5) is 19.7. The summed E-state index contributed by atoms with van der Waals surface area (Å²) < 4.78 is 0. The van der Waals surface area contributed by atoms with E-state index in [2.05, 4.69) is 25.5 Å². The molecule has 8 heteroatoms. The number of nitrogens with zero attached hydrogens (tertiary/aromatic N) is 4. The number of benzene rings is 2. The molecule has 2 aromatic carbocycles. The molecule has 0 aliphatic heterocycles. The first-order chi connectivity index (χ1) is 12.7. The number of hydrogen-bond acceptors (Lipinski definition) is 6. The highest BCUT2D eigenvalue weighted by atomic mass is 32.2. The van der Waals surface area contributed by atoms with Crippen molar-refractivity contribution in [3.8, 4) is 6.07 Å². The number of H-pyrrole nitrogens is 1. The molecule has 0 saturated heterocycles. The third-order valence-corrected chi connectivity index (χ3v) is 4.57. The van der Waals surface area contributed by atoms with Crippen LogP contribution in [0.25, 0.3) is 22.1 Å². The Morgan fingerprint density at radius 1 is 1.15 bits per heavy atom. The zero-order valence-corrected chi connectivity index (χ0v) is 14.2. The molecule has 2 aromatic heterocycles. The van der Waals surface area contributed by atoms with Gasteiger partial charge in [-0.15, -0.1) is 10.2 Å². The Hall–Kier alpha value is -3.44. The van der Waals surface area contributed by atoms with Crippen molar-refractivity contribution < 1.29 is 4.79 Å². The van der Waals surface area contributed by atoms with Crippen LogP contribution in [0.2, 0.25) is 0 Å². The summed E-state index contributed by atoms with van der Waals surface area (Å²) in [7, 11) is 0. The average molecular weight is 360 g/mol. The van der Waals surface area contributed by atoms with Crippen molar-refractivity contribution in [1.82, 2.24) is 20.2 Å². The van der Waals surface area contributed by atoms with Crippen LogP contribution in [0.3, 0.4) is 0 Å². The van der Waals surface area contributed by atoms with Crippen LogP contribution in [-0.2, 0) is 4.79 Å². The lowest BCUT2D eigenvalue weighted by molar-refractivity contribution is -0.113. The number of carbonyl (C=O) groups is 1. The molecule has 2 N–H and O–H groups in total. The van der Waals surface area contributed by atoms with Gasteiger partial charge < -0.3 is 10.3 Å². The van der Waals surface area contributed by atoms with Gasteiger partial charge in [-0.1, -0.05) is 30.0 Å². The molecule has 0 unspecified atom stereocenters. The molecule has 0 aliphatic carbocycles. The topological polar surface area (TPSA) is 107 Å². The molecule has 0 spiro atoms. The van der Waals surface area contributed by atoms with Crippen LogP contribution < -0.4 is 5.32 Å². The number of carbonyl (C=O) groups excluding carboxylic acids is 1. The zero-order chi connectivity index (χ0) is 17.9. The number of nitrogens with one attached hydrogen (secondary N) is 2. The van der Waals surface area contributed by atoms with Gasteiger partial charge in [-0.25, -0.2) is 4.98 Å². The average Bonchev–Trinajstić information content (AvgIpc) is 3.05. The third kappa shape index (κ3) is 3.20. The third-order valence-electron chi connectivity index (χ3n) is 3.73. The number of fused-ring (bicyclic) bond motifs is 3. The van der Waals surface area contributed by atoms with Gasteiger partial charge in [0.25, 0.3) is 0 Å². The van der Waals surface area contributed by atoms with Crippen LogP contribution in [0.15, 0.2) is 53.7 Å². The smallest absolute Gasteiger partial charge is 0.234 e. The normalized spacial score (nSPS) is 10.7. The Morgan fingerprint density at radius 3 is 2.77 bits per heavy atom. The second-order valence-corrected chi connectivity index (χ2v) is 6.43. The van der Waals surface area contributed by atoms with Gasteiger partial charge in [-0.05, 0) is 30.3 Å². The molecular weight excluding hydrogens is 348 g/mol. The van der Waals surface area contributed by atoms with Gasteiger partial charge >= 0.3 is 0 Å². The monoisotopic (exact) mass is 360 g/mol. The van der Waals surface area contributed by atoms with Crippen LogP contribution in [-0.4, -0.2) is 31.8 Å². The molecular formula is C18H12N6OS. The van der Waals surface area contributed by atoms with Crippen molar-refractivity contribution in [2.75, 3.05) is 11.1 Å². The fourth-order valence-corrected chi connectivity index (χ4v) is 3.11. The van der Waals surface area contributed by atoms with Gasteiger partial charge in [0, 0.05) is 16.6 Å². The number of aromatic amines is 1. The lowest BCUT2D eigenvalue weighted by atomic mass is 10.2. The van der Waals surface area contributed by atoms with E-state index in [1.807, 2.05) is 30.3 Å². The van der Waals surface area contributed by atoms with E-state index >= 15 is 0 Å². The number of thioether (sulfide) groups is 1.